The number of hydrogen-bond donors (Lipinski definition) is 0. The molecule has 0 N–H and O–H groups in total. The molecule has 1 saturated carbocycles. The number of imide groups is 1. The van der Waals surface area contributed by atoms with Crippen LogP contribution in [0, 0.1) is 0 Å². The predicted octanol–water partition coefficient (Wildman–Crippen LogP) is 2.61. The van der Waals surface area contributed by atoms with E-state index in [4.69, 9.17) is 0 Å². The van der Waals surface area contributed by atoms with Crippen molar-refractivity contribution in [3.63, 3.8) is 0 Å². The molecule has 24 heavy (non-hydrogen) atoms. The van der Waals surface area contributed by atoms with Crippen LogP contribution in [0.5, 0.6) is 0 Å². The summed E-state index contributed by atoms with van der Waals surface area (Å²) in [7, 11) is 0. The van der Waals surface area contributed by atoms with E-state index in [1.165, 1.54) is 0 Å². The smallest absolute Gasteiger partial charge is 0.266 e. The van der Waals surface area contributed by atoms with Gasteiger partial charge in [0.2, 0.25) is 0 Å². The zero-order valence-electron chi connectivity index (χ0n) is 12.9. The lowest BCUT2D eigenvalue weighted by atomic mass is 10.1. The number of anilines is 1. The van der Waals surface area contributed by atoms with Crippen LogP contribution in [0.2, 0.25) is 0 Å². The Bertz CT molecular complexity index is 895. The number of hydrogen-bond acceptors (Lipinski definition) is 3. The van der Waals surface area contributed by atoms with Gasteiger partial charge < -0.3 is 4.90 Å². The van der Waals surface area contributed by atoms with E-state index < -0.39 is 0 Å². The zero-order valence-corrected chi connectivity index (χ0v) is 12.9. The molecule has 3 amide bonds. The molecule has 0 aromatic heterocycles. The van der Waals surface area contributed by atoms with Crippen molar-refractivity contribution in [1.29, 1.82) is 0 Å². The lowest BCUT2D eigenvalue weighted by molar-refractivity contribution is 0.0767. The van der Waals surface area contributed by atoms with Gasteiger partial charge in [0.1, 0.15) is 0 Å². The molecule has 2 aromatic carbocycles. The Hall–Kier alpha value is -2.95. The molecule has 118 valence electrons. The summed E-state index contributed by atoms with van der Waals surface area (Å²) in [4.78, 5) is 41.3. The van der Waals surface area contributed by atoms with Crippen LogP contribution in [0.15, 0.2) is 42.5 Å². The topological polar surface area (TPSA) is 57.7 Å². The minimum Gasteiger partial charge on any atom is -0.331 e. The number of fused-ring (bicyclic) bond motifs is 2. The summed E-state index contributed by atoms with van der Waals surface area (Å²) >= 11 is 0. The first kappa shape index (κ1) is 13.5. The van der Waals surface area contributed by atoms with Gasteiger partial charge in [-0.3, -0.25) is 14.4 Å². The second kappa shape index (κ2) is 4.54. The third-order valence-electron chi connectivity index (χ3n) is 4.97. The maximum absolute atomic E-state index is 12.8. The Balaban J connectivity index is 1.63. The highest BCUT2D eigenvalue weighted by atomic mass is 16.2. The van der Waals surface area contributed by atoms with Crippen LogP contribution in [-0.2, 0) is 6.54 Å². The molecule has 5 heteroatoms. The Labute approximate surface area is 138 Å². The van der Waals surface area contributed by atoms with Gasteiger partial charge in [0.05, 0.1) is 22.4 Å². The summed E-state index contributed by atoms with van der Waals surface area (Å²) in [5.41, 5.74) is 2.58. The van der Waals surface area contributed by atoms with Crippen molar-refractivity contribution in [3.05, 3.63) is 64.7 Å². The van der Waals surface area contributed by atoms with Crippen LogP contribution in [0.3, 0.4) is 0 Å². The molecular weight excluding hydrogens is 304 g/mol. The predicted molar refractivity (Wildman–Crippen MR) is 86.9 cm³/mol. The standard InChI is InChI=1S/C19H14N2O3/c22-17-13-5-1-2-6-14(13)18(23)21(17)15-7-3-4-11-10-20(12-8-9-12)19(24)16(11)15/h1-7,12H,8-10H2. The van der Waals surface area contributed by atoms with Crippen LogP contribution in [0.25, 0.3) is 0 Å². The number of benzene rings is 2. The second-order valence-corrected chi connectivity index (χ2v) is 6.47. The van der Waals surface area contributed by atoms with Crippen LogP contribution in [0.1, 0.15) is 49.5 Å². The van der Waals surface area contributed by atoms with Gasteiger partial charge in [-0.15, -0.1) is 0 Å². The Morgan fingerprint density at radius 3 is 2.08 bits per heavy atom. The molecule has 2 heterocycles. The molecule has 0 unspecified atom stereocenters. The van der Waals surface area contributed by atoms with Crippen LogP contribution in [0.4, 0.5) is 5.69 Å². The molecule has 0 bridgehead atoms. The maximum Gasteiger partial charge on any atom is 0.266 e. The van der Waals surface area contributed by atoms with E-state index in [0.29, 0.717) is 35.0 Å². The van der Waals surface area contributed by atoms with E-state index in [1.807, 2.05) is 11.0 Å². The molecule has 0 saturated heterocycles. The third kappa shape index (κ3) is 1.67. The molecule has 0 radical (unpaired) electrons. The summed E-state index contributed by atoms with van der Waals surface area (Å²) in [5.74, 6) is -0.789. The first-order chi connectivity index (χ1) is 11.7. The molecule has 2 aromatic rings. The molecule has 1 aliphatic carbocycles. The quantitative estimate of drug-likeness (QED) is 0.800. The van der Waals surface area contributed by atoms with Crippen molar-refractivity contribution in [1.82, 2.24) is 4.90 Å². The van der Waals surface area contributed by atoms with E-state index in [-0.39, 0.29) is 17.7 Å². The van der Waals surface area contributed by atoms with Crippen molar-refractivity contribution in [2.45, 2.75) is 25.4 Å². The summed E-state index contributed by atoms with van der Waals surface area (Å²) in [5, 5.41) is 0. The van der Waals surface area contributed by atoms with Crippen LogP contribution in [-0.4, -0.2) is 28.7 Å². The number of amides is 3. The minimum atomic E-state index is -0.360. The van der Waals surface area contributed by atoms with Gasteiger partial charge in [-0.25, -0.2) is 4.90 Å². The highest BCUT2D eigenvalue weighted by Crippen LogP contribution is 2.40. The lowest BCUT2D eigenvalue weighted by Gasteiger charge is -2.18. The van der Waals surface area contributed by atoms with E-state index in [1.54, 1.807) is 36.4 Å². The fourth-order valence-corrected chi connectivity index (χ4v) is 3.64. The molecule has 0 atom stereocenters. The van der Waals surface area contributed by atoms with Gasteiger partial charge in [-0.2, -0.15) is 0 Å². The van der Waals surface area contributed by atoms with E-state index >= 15 is 0 Å². The largest absolute Gasteiger partial charge is 0.331 e. The third-order valence-corrected chi connectivity index (χ3v) is 4.97. The van der Waals surface area contributed by atoms with Gasteiger partial charge in [-0.1, -0.05) is 24.3 Å². The summed E-state index contributed by atoms with van der Waals surface area (Å²) in [6.45, 7) is 0.565. The highest BCUT2D eigenvalue weighted by molar-refractivity contribution is 6.35. The molecule has 3 aliphatic rings. The number of rotatable bonds is 2. The van der Waals surface area contributed by atoms with Crippen LogP contribution < -0.4 is 4.90 Å². The highest BCUT2D eigenvalue weighted by Gasteiger charge is 2.43. The molecule has 0 spiro atoms. The average Bonchev–Trinajstić information content (AvgIpc) is 3.34. The fraction of sp³-hybridized carbons (Fsp3) is 0.211. The van der Waals surface area contributed by atoms with Crippen LogP contribution >= 0.6 is 0 Å². The van der Waals surface area contributed by atoms with Crippen molar-refractivity contribution >= 4 is 23.4 Å². The molecule has 5 nitrogen and oxygen atoms in total. The van der Waals surface area contributed by atoms with Gasteiger partial charge in [0.25, 0.3) is 17.7 Å². The summed E-state index contributed by atoms with van der Waals surface area (Å²) in [6, 6.07) is 12.5. The molecule has 2 aliphatic heterocycles. The molecular formula is C19H14N2O3. The average molecular weight is 318 g/mol. The molecule has 1 fully saturated rings. The van der Waals surface area contributed by atoms with Gasteiger partial charge in [0.15, 0.2) is 0 Å². The van der Waals surface area contributed by atoms with Gasteiger partial charge >= 0.3 is 0 Å². The van der Waals surface area contributed by atoms with Crippen molar-refractivity contribution in [2.24, 2.45) is 0 Å². The maximum atomic E-state index is 12.8. The van der Waals surface area contributed by atoms with Crippen molar-refractivity contribution < 1.29 is 14.4 Å². The van der Waals surface area contributed by atoms with Crippen molar-refractivity contribution in [3.8, 4) is 0 Å². The van der Waals surface area contributed by atoms with E-state index in [2.05, 4.69) is 0 Å². The summed E-state index contributed by atoms with van der Waals surface area (Å²) in [6.07, 6.45) is 2.06. The Kier molecular flexibility index (Phi) is 2.55. The zero-order chi connectivity index (χ0) is 16.4. The van der Waals surface area contributed by atoms with Gasteiger partial charge in [-0.05, 0) is 36.6 Å². The number of carbonyl (C=O) groups is 3. The fourth-order valence-electron chi connectivity index (χ4n) is 3.64. The first-order valence-corrected chi connectivity index (χ1v) is 8.07. The van der Waals surface area contributed by atoms with E-state index in [0.717, 1.165) is 23.3 Å². The Morgan fingerprint density at radius 1 is 0.792 bits per heavy atom. The SMILES string of the molecule is O=C1c2ccccc2C(=O)N1c1cccc2c1C(=O)N(C1CC1)C2. The normalized spacial score (nSPS) is 19.1. The summed E-state index contributed by atoms with van der Waals surface area (Å²) < 4.78 is 0. The Morgan fingerprint density at radius 2 is 1.46 bits per heavy atom. The monoisotopic (exact) mass is 318 g/mol. The lowest BCUT2D eigenvalue weighted by Crippen LogP contribution is -2.32. The molecule has 5 rings (SSSR count). The number of nitrogens with zero attached hydrogens (tertiary/aromatic N) is 2. The van der Waals surface area contributed by atoms with Crippen molar-refractivity contribution in [2.75, 3.05) is 4.90 Å². The minimum absolute atomic E-state index is 0.0698. The van der Waals surface area contributed by atoms with Gasteiger partial charge in [0, 0.05) is 12.6 Å². The van der Waals surface area contributed by atoms with E-state index in [9.17, 15) is 14.4 Å². The number of carbonyl (C=O) groups excluding carboxylic acids is 3. The second-order valence-electron chi connectivity index (χ2n) is 6.47. The first-order valence-electron chi connectivity index (χ1n) is 8.07.